The molecule has 0 aliphatic heterocycles. The minimum absolute atomic E-state index is 0.108. The third-order valence-electron chi connectivity index (χ3n) is 3.94. The van der Waals surface area contributed by atoms with E-state index >= 15 is 0 Å². The highest BCUT2D eigenvalue weighted by atomic mass is 19.4. The van der Waals surface area contributed by atoms with Crippen LogP contribution in [0.25, 0.3) is 0 Å². The fraction of sp³-hybridized carbons (Fsp3) is 0.100. The van der Waals surface area contributed by atoms with Crippen molar-refractivity contribution in [3.63, 3.8) is 0 Å². The summed E-state index contributed by atoms with van der Waals surface area (Å²) in [6, 6.07) is 8.72. The monoisotopic (exact) mass is 440 g/mol. The maximum Gasteiger partial charge on any atom is 0.418 e. The lowest BCUT2D eigenvalue weighted by molar-refractivity contribution is -0.136. The molecule has 162 valence electrons. The number of halogens is 5. The van der Waals surface area contributed by atoms with Gasteiger partial charge in [-0.2, -0.15) is 22.0 Å². The first-order chi connectivity index (χ1) is 14.6. The normalized spacial score (nSPS) is 11.3. The van der Waals surface area contributed by atoms with Crippen LogP contribution < -0.4 is 15.4 Å². The third-order valence-corrected chi connectivity index (χ3v) is 3.94. The number of carbonyl (C=O) groups is 2. The van der Waals surface area contributed by atoms with Crippen molar-refractivity contribution in [2.45, 2.75) is 12.8 Å². The average molecular weight is 440 g/mol. The summed E-state index contributed by atoms with van der Waals surface area (Å²) in [5, 5.41) is 4.39. The Hall–Kier alpha value is -3.89. The number of hydrogen-bond donors (Lipinski definition) is 2. The van der Waals surface area contributed by atoms with E-state index in [0.717, 1.165) is 18.4 Å². The second kappa shape index (κ2) is 8.86. The standard InChI is InChI=1S/C20H13F5N2O4/c21-19(22)31-14-3-1-2-11(8-14)17(28)27-16-5-4-13(9-15(16)20(23,24)25)26-18(29)12-6-7-30-10-12/h1-10,19H,(H,26,29)(H,27,28). The van der Waals surface area contributed by atoms with Crippen LogP contribution in [0.4, 0.5) is 33.3 Å². The molecule has 0 aliphatic rings. The Labute approximate surface area is 171 Å². The first-order valence-corrected chi connectivity index (χ1v) is 8.54. The highest BCUT2D eigenvalue weighted by Gasteiger charge is 2.34. The van der Waals surface area contributed by atoms with Crippen molar-refractivity contribution in [2.75, 3.05) is 10.6 Å². The Bertz CT molecular complexity index is 1080. The fourth-order valence-corrected chi connectivity index (χ4v) is 2.57. The Morgan fingerprint density at radius 1 is 0.935 bits per heavy atom. The molecule has 0 saturated carbocycles. The predicted molar refractivity (Wildman–Crippen MR) is 99.1 cm³/mol. The first kappa shape index (κ1) is 21.8. The Morgan fingerprint density at radius 3 is 2.32 bits per heavy atom. The van der Waals surface area contributed by atoms with Crippen LogP contribution in [0.3, 0.4) is 0 Å². The Morgan fingerprint density at radius 2 is 1.68 bits per heavy atom. The number of anilines is 2. The van der Waals surface area contributed by atoms with E-state index in [-0.39, 0.29) is 22.6 Å². The molecule has 31 heavy (non-hydrogen) atoms. The van der Waals surface area contributed by atoms with Crippen molar-refractivity contribution in [3.05, 3.63) is 77.7 Å². The van der Waals surface area contributed by atoms with E-state index in [0.29, 0.717) is 6.07 Å². The molecule has 0 spiro atoms. The number of furan rings is 1. The number of nitrogens with one attached hydrogen (secondary N) is 2. The lowest BCUT2D eigenvalue weighted by Gasteiger charge is -2.16. The second-order valence-corrected chi connectivity index (χ2v) is 6.08. The molecular weight excluding hydrogens is 427 g/mol. The zero-order valence-electron chi connectivity index (χ0n) is 15.4. The summed E-state index contributed by atoms with van der Waals surface area (Å²) in [5.41, 5.74) is -2.05. The molecule has 1 aromatic heterocycles. The van der Waals surface area contributed by atoms with E-state index in [2.05, 4.69) is 15.4 Å². The van der Waals surface area contributed by atoms with Crippen LogP contribution in [-0.2, 0) is 6.18 Å². The van der Waals surface area contributed by atoms with E-state index in [1.807, 2.05) is 0 Å². The highest BCUT2D eigenvalue weighted by molar-refractivity contribution is 6.06. The molecule has 0 atom stereocenters. The molecule has 0 fully saturated rings. The Balaban J connectivity index is 1.83. The van der Waals surface area contributed by atoms with Crippen LogP contribution in [-0.4, -0.2) is 18.4 Å². The topological polar surface area (TPSA) is 80.6 Å². The molecule has 2 N–H and O–H groups in total. The number of ether oxygens (including phenoxy) is 1. The molecule has 1 heterocycles. The molecule has 0 aliphatic carbocycles. The van der Waals surface area contributed by atoms with Gasteiger partial charge in [0.15, 0.2) is 0 Å². The molecule has 0 unspecified atom stereocenters. The predicted octanol–water partition coefficient (Wildman–Crippen LogP) is 5.40. The van der Waals surface area contributed by atoms with Gasteiger partial charge in [-0.25, -0.2) is 0 Å². The molecule has 0 bridgehead atoms. The van der Waals surface area contributed by atoms with Gasteiger partial charge >= 0.3 is 12.8 Å². The van der Waals surface area contributed by atoms with Crippen LogP contribution >= 0.6 is 0 Å². The largest absolute Gasteiger partial charge is 0.472 e. The van der Waals surface area contributed by atoms with Gasteiger partial charge < -0.3 is 19.8 Å². The van der Waals surface area contributed by atoms with E-state index in [1.165, 1.54) is 36.6 Å². The van der Waals surface area contributed by atoms with Crippen molar-refractivity contribution in [1.82, 2.24) is 0 Å². The van der Waals surface area contributed by atoms with E-state index < -0.39 is 35.9 Å². The molecule has 2 aromatic carbocycles. The number of amides is 2. The third kappa shape index (κ3) is 5.59. The summed E-state index contributed by atoms with van der Waals surface area (Å²) >= 11 is 0. The van der Waals surface area contributed by atoms with Gasteiger partial charge in [0, 0.05) is 11.3 Å². The molecular formula is C20H13F5N2O4. The quantitative estimate of drug-likeness (QED) is 0.503. The van der Waals surface area contributed by atoms with Crippen molar-refractivity contribution in [1.29, 1.82) is 0 Å². The molecule has 3 rings (SSSR count). The van der Waals surface area contributed by atoms with Gasteiger partial charge in [0.2, 0.25) is 0 Å². The van der Waals surface area contributed by atoms with Gasteiger partial charge in [-0.05, 0) is 42.5 Å². The van der Waals surface area contributed by atoms with Gasteiger partial charge in [-0.1, -0.05) is 6.07 Å². The number of hydrogen-bond acceptors (Lipinski definition) is 4. The van der Waals surface area contributed by atoms with Gasteiger partial charge in [0.05, 0.1) is 23.1 Å². The van der Waals surface area contributed by atoms with Crippen LogP contribution in [0.1, 0.15) is 26.3 Å². The van der Waals surface area contributed by atoms with Crippen molar-refractivity contribution < 1.29 is 40.7 Å². The van der Waals surface area contributed by atoms with E-state index in [4.69, 9.17) is 4.42 Å². The molecule has 6 nitrogen and oxygen atoms in total. The summed E-state index contributed by atoms with van der Waals surface area (Å²) < 4.78 is 74.1. The summed E-state index contributed by atoms with van der Waals surface area (Å²) in [6.45, 7) is -3.13. The lowest BCUT2D eigenvalue weighted by Crippen LogP contribution is -2.18. The molecule has 0 saturated heterocycles. The molecule has 2 amide bonds. The highest BCUT2D eigenvalue weighted by Crippen LogP contribution is 2.37. The number of carbonyl (C=O) groups excluding carboxylic acids is 2. The van der Waals surface area contributed by atoms with Crippen molar-refractivity contribution in [2.24, 2.45) is 0 Å². The molecule has 11 heteroatoms. The first-order valence-electron chi connectivity index (χ1n) is 8.54. The summed E-state index contributed by atoms with van der Waals surface area (Å²) in [7, 11) is 0. The number of benzene rings is 2. The van der Waals surface area contributed by atoms with Crippen LogP contribution in [0, 0.1) is 0 Å². The number of rotatable bonds is 6. The van der Waals surface area contributed by atoms with Crippen molar-refractivity contribution >= 4 is 23.2 Å². The smallest absolute Gasteiger partial charge is 0.418 e. The van der Waals surface area contributed by atoms with Crippen LogP contribution in [0.2, 0.25) is 0 Å². The summed E-state index contributed by atoms with van der Waals surface area (Å²) in [5.74, 6) is -1.98. The second-order valence-electron chi connectivity index (χ2n) is 6.08. The maximum atomic E-state index is 13.5. The minimum atomic E-state index is -4.86. The molecule has 3 aromatic rings. The fourth-order valence-electron chi connectivity index (χ4n) is 2.57. The van der Waals surface area contributed by atoms with Crippen LogP contribution in [0.15, 0.2) is 65.5 Å². The Kier molecular flexibility index (Phi) is 6.23. The van der Waals surface area contributed by atoms with Crippen molar-refractivity contribution in [3.8, 4) is 5.75 Å². The van der Waals surface area contributed by atoms with E-state index in [9.17, 15) is 31.5 Å². The van der Waals surface area contributed by atoms with Gasteiger partial charge in [-0.15, -0.1) is 0 Å². The van der Waals surface area contributed by atoms with E-state index in [1.54, 1.807) is 0 Å². The average Bonchev–Trinajstić information content (AvgIpc) is 3.23. The van der Waals surface area contributed by atoms with Crippen LogP contribution in [0.5, 0.6) is 5.75 Å². The zero-order valence-corrected chi connectivity index (χ0v) is 15.4. The molecule has 0 radical (unpaired) electrons. The number of alkyl halides is 5. The maximum absolute atomic E-state index is 13.5. The lowest BCUT2D eigenvalue weighted by atomic mass is 10.1. The summed E-state index contributed by atoms with van der Waals surface area (Å²) in [4.78, 5) is 24.4. The van der Waals surface area contributed by atoms with Gasteiger partial charge in [-0.3, -0.25) is 9.59 Å². The minimum Gasteiger partial charge on any atom is -0.472 e. The van der Waals surface area contributed by atoms with Gasteiger partial charge in [0.1, 0.15) is 12.0 Å². The zero-order chi connectivity index (χ0) is 22.6. The SMILES string of the molecule is O=C(Nc1ccc(NC(=O)c2cccc(OC(F)F)c2)c(C(F)(F)F)c1)c1ccoc1. The summed E-state index contributed by atoms with van der Waals surface area (Å²) in [6.07, 6.45) is -2.50. The van der Waals surface area contributed by atoms with Gasteiger partial charge in [0.25, 0.3) is 11.8 Å².